The van der Waals surface area contributed by atoms with Crippen molar-refractivity contribution in [2.45, 2.75) is 57.5 Å². The Morgan fingerprint density at radius 2 is 2.05 bits per heavy atom. The van der Waals surface area contributed by atoms with E-state index in [2.05, 4.69) is 28.2 Å². The summed E-state index contributed by atoms with van der Waals surface area (Å²) >= 11 is 5.17. The maximum Gasteiger partial charge on any atom is 0.328 e. The molecule has 1 aliphatic carbocycles. The minimum atomic E-state index is -0.335. The number of carbonyl (C=O) groups excluding carboxylic acids is 1. The Balaban J connectivity index is 2.12. The number of nitrogens with one attached hydrogen (secondary N) is 1. The predicted molar refractivity (Wildman–Crippen MR) is 86.1 cm³/mol. The molecule has 1 aliphatic rings. The second-order valence-corrected chi connectivity index (χ2v) is 7.51. The number of thiophene rings is 1. The Labute approximate surface area is 133 Å². The van der Waals surface area contributed by atoms with E-state index in [4.69, 9.17) is 4.74 Å². The molecule has 1 unspecified atom stereocenters. The molecule has 1 fully saturated rings. The fraction of sp³-hybridized carbons (Fsp3) is 0.667. The van der Waals surface area contributed by atoms with Crippen LogP contribution in [-0.4, -0.2) is 19.1 Å². The fourth-order valence-corrected chi connectivity index (χ4v) is 4.30. The molecule has 5 heteroatoms. The van der Waals surface area contributed by atoms with Crippen LogP contribution in [0.15, 0.2) is 10.5 Å². The standard InChI is InChI=1S/C15H22BrNO2S/c1-10-12(16)9-13(20-10)14(15(18)19-2)17-11-7-5-3-4-6-8-11/h9,11,14,17H,3-8H2,1-2H3. The average Bonchev–Trinajstić information content (AvgIpc) is 2.66. The summed E-state index contributed by atoms with van der Waals surface area (Å²) in [5.74, 6) is -0.192. The van der Waals surface area contributed by atoms with Gasteiger partial charge in [-0.05, 0) is 41.8 Å². The van der Waals surface area contributed by atoms with Crippen molar-refractivity contribution in [2.24, 2.45) is 0 Å². The number of hydrogen-bond acceptors (Lipinski definition) is 4. The van der Waals surface area contributed by atoms with Crippen molar-refractivity contribution in [1.82, 2.24) is 5.32 Å². The molecule has 20 heavy (non-hydrogen) atoms. The van der Waals surface area contributed by atoms with Crippen LogP contribution in [0.25, 0.3) is 0 Å². The predicted octanol–water partition coefficient (Wildman–Crippen LogP) is 4.35. The van der Waals surface area contributed by atoms with Crippen LogP contribution in [0.4, 0.5) is 0 Å². The third kappa shape index (κ3) is 4.06. The Kier molecular flexibility index (Phi) is 6.05. The molecule has 112 valence electrons. The van der Waals surface area contributed by atoms with Crippen LogP contribution < -0.4 is 5.32 Å². The lowest BCUT2D eigenvalue weighted by atomic mass is 10.1. The van der Waals surface area contributed by atoms with Crippen LogP contribution in [0.3, 0.4) is 0 Å². The van der Waals surface area contributed by atoms with Crippen molar-refractivity contribution in [1.29, 1.82) is 0 Å². The molecule has 1 atom stereocenters. The summed E-state index contributed by atoms with van der Waals surface area (Å²) in [5.41, 5.74) is 0. The molecule has 1 saturated carbocycles. The van der Waals surface area contributed by atoms with Crippen LogP contribution in [-0.2, 0) is 9.53 Å². The van der Waals surface area contributed by atoms with E-state index in [1.165, 1.54) is 37.7 Å². The van der Waals surface area contributed by atoms with Gasteiger partial charge in [0.1, 0.15) is 6.04 Å². The summed E-state index contributed by atoms with van der Waals surface area (Å²) in [6, 6.07) is 2.12. The summed E-state index contributed by atoms with van der Waals surface area (Å²) in [7, 11) is 1.46. The highest BCUT2D eigenvalue weighted by Crippen LogP contribution is 2.32. The lowest BCUT2D eigenvalue weighted by molar-refractivity contribution is -0.143. The lowest BCUT2D eigenvalue weighted by Crippen LogP contribution is -2.37. The van der Waals surface area contributed by atoms with Crippen LogP contribution >= 0.6 is 27.3 Å². The number of ether oxygens (including phenoxy) is 1. The summed E-state index contributed by atoms with van der Waals surface area (Å²) < 4.78 is 6.04. The van der Waals surface area contributed by atoms with Gasteiger partial charge in [0.05, 0.1) is 7.11 Å². The second-order valence-electron chi connectivity index (χ2n) is 5.36. The van der Waals surface area contributed by atoms with Crippen molar-refractivity contribution >= 4 is 33.2 Å². The molecule has 0 aromatic carbocycles. The van der Waals surface area contributed by atoms with Crippen molar-refractivity contribution in [3.05, 3.63) is 20.3 Å². The van der Waals surface area contributed by atoms with E-state index >= 15 is 0 Å². The van der Waals surface area contributed by atoms with E-state index in [9.17, 15) is 4.79 Å². The highest BCUT2D eigenvalue weighted by atomic mass is 79.9. The lowest BCUT2D eigenvalue weighted by Gasteiger charge is -2.22. The summed E-state index contributed by atoms with van der Waals surface area (Å²) in [4.78, 5) is 14.3. The fourth-order valence-electron chi connectivity index (χ4n) is 2.69. The molecular weight excluding hydrogens is 338 g/mol. The van der Waals surface area contributed by atoms with E-state index in [0.29, 0.717) is 6.04 Å². The number of carbonyl (C=O) groups is 1. The first-order chi connectivity index (χ1) is 9.61. The minimum absolute atomic E-state index is 0.192. The minimum Gasteiger partial charge on any atom is -0.468 e. The van der Waals surface area contributed by atoms with Crippen LogP contribution in [0.5, 0.6) is 0 Å². The van der Waals surface area contributed by atoms with Gasteiger partial charge in [-0.3, -0.25) is 5.32 Å². The normalized spacial score (nSPS) is 18.6. The molecule has 1 N–H and O–H groups in total. The quantitative estimate of drug-likeness (QED) is 0.641. The molecule has 0 amide bonds. The first kappa shape index (κ1) is 16.0. The van der Waals surface area contributed by atoms with Gasteiger partial charge in [0.15, 0.2) is 0 Å². The van der Waals surface area contributed by atoms with Crippen LogP contribution in [0, 0.1) is 6.92 Å². The molecule has 1 aromatic rings. The monoisotopic (exact) mass is 359 g/mol. The average molecular weight is 360 g/mol. The second kappa shape index (κ2) is 7.57. The zero-order valence-corrected chi connectivity index (χ0v) is 14.5. The molecule has 0 bridgehead atoms. The van der Waals surface area contributed by atoms with Gasteiger partial charge in [0.25, 0.3) is 0 Å². The van der Waals surface area contributed by atoms with Crippen molar-refractivity contribution in [3.63, 3.8) is 0 Å². The maximum absolute atomic E-state index is 12.1. The Hall–Kier alpha value is -0.390. The Bertz CT molecular complexity index is 433. The van der Waals surface area contributed by atoms with E-state index in [-0.39, 0.29) is 12.0 Å². The summed E-state index contributed by atoms with van der Waals surface area (Å²) in [6.45, 7) is 2.05. The third-order valence-corrected chi connectivity index (χ3v) is 6.06. The van der Waals surface area contributed by atoms with Crippen molar-refractivity contribution < 1.29 is 9.53 Å². The van der Waals surface area contributed by atoms with Gasteiger partial charge in [0.2, 0.25) is 0 Å². The SMILES string of the molecule is COC(=O)C(NC1CCCCCC1)c1cc(Br)c(C)s1. The summed E-state index contributed by atoms with van der Waals surface area (Å²) in [5, 5.41) is 3.52. The van der Waals surface area contributed by atoms with Crippen LogP contribution in [0.2, 0.25) is 0 Å². The van der Waals surface area contributed by atoms with Gasteiger partial charge in [-0.1, -0.05) is 25.7 Å². The molecule has 0 radical (unpaired) electrons. The smallest absolute Gasteiger partial charge is 0.328 e. The highest BCUT2D eigenvalue weighted by Gasteiger charge is 2.27. The van der Waals surface area contributed by atoms with Crippen molar-refractivity contribution in [2.75, 3.05) is 7.11 Å². The van der Waals surface area contributed by atoms with Crippen molar-refractivity contribution in [3.8, 4) is 0 Å². The Morgan fingerprint density at radius 1 is 1.40 bits per heavy atom. The number of esters is 1. The van der Waals surface area contributed by atoms with Gasteiger partial charge in [-0.15, -0.1) is 11.3 Å². The zero-order chi connectivity index (χ0) is 14.5. The van der Waals surface area contributed by atoms with E-state index < -0.39 is 0 Å². The summed E-state index contributed by atoms with van der Waals surface area (Å²) in [6.07, 6.45) is 7.42. The number of rotatable bonds is 4. The molecular formula is C15H22BrNO2S. The maximum atomic E-state index is 12.1. The molecule has 1 aromatic heterocycles. The molecule has 2 rings (SSSR count). The number of aryl methyl sites for hydroxylation is 1. The zero-order valence-electron chi connectivity index (χ0n) is 12.1. The molecule has 0 spiro atoms. The highest BCUT2D eigenvalue weighted by molar-refractivity contribution is 9.10. The van der Waals surface area contributed by atoms with Crippen LogP contribution in [0.1, 0.15) is 54.3 Å². The number of hydrogen-bond donors (Lipinski definition) is 1. The van der Waals surface area contributed by atoms with Gasteiger partial charge < -0.3 is 4.74 Å². The van der Waals surface area contributed by atoms with Gasteiger partial charge in [-0.2, -0.15) is 0 Å². The van der Waals surface area contributed by atoms with E-state index in [0.717, 1.165) is 22.2 Å². The van der Waals surface area contributed by atoms with Gasteiger partial charge in [-0.25, -0.2) is 4.79 Å². The number of methoxy groups -OCH3 is 1. The van der Waals surface area contributed by atoms with E-state index in [1.807, 2.05) is 6.07 Å². The van der Waals surface area contributed by atoms with Gasteiger partial charge in [0, 0.05) is 20.3 Å². The Morgan fingerprint density at radius 3 is 2.55 bits per heavy atom. The topological polar surface area (TPSA) is 38.3 Å². The number of halogens is 1. The molecule has 1 heterocycles. The molecule has 0 aliphatic heterocycles. The largest absolute Gasteiger partial charge is 0.468 e. The first-order valence-electron chi connectivity index (χ1n) is 7.21. The molecule has 0 saturated heterocycles. The first-order valence-corrected chi connectivity index (χ1v) is 8.82. The van der Waals surface area contributed by atoms with Gasteiger partial charge >= 0.3 is 5.97 Å². The third-order valence-electron chi connectivity index (χ3n) is 3.86. The molecule has 3 nitrogen and oxygen atoms in total. The van der Waals surface area contributed by atoms with E-state index in [1.54, 1.807) is 11.3 Å².